The monoisotopic (exact) mass is 327 g/mol. The van der Waals surface area contributed by atoms with E-state index in [0.717, 1.165) is 28.1 Å². The fraction of sp³-hybridized carbons (Fsp3) is 0.167. The average Bonchev–Trinajstić information content (AvgIpc) is 2.95. The minimum absolute atomic E-state index is 0.234. The summed E-state index contributed by atoms with van der Waals surface area (Å²) in [5.74, 6) is 0.234. The largest absolute Gasteiger partial charge is 0.508 e. The van der Waals surface area contributed by atoms with E-state index < -0.39 is 0 Å². The van der Waals surface area contributed by atoms with Crippen molar-refractivity contribution in [2.75, 3.05) is 13.1 Å². The first-order valence-corrected chi connectivity index (χ1v) is 7.79. The summed E-state index contributed by atoms with van der Waals surface area (Å²) in [4.78, 5) is 4.74. The molecule has 0 amide bonds. The SMILES string of the molecule is NC1=C(C(=NCc2cccc(O)c2)c2ccccc2Cl)CNC1. The van der Waals surface area contributed by atoms with Gasteiger partial charge in [-0.2, -0.15) is 0 Å². The Balaban J connectivity index is 2.00. The Labute approximate surface area is 140 Å². The van der Waals surface area contributed by atoms with E-state index in [9.17, 15) is 5.11 Å². The number of nitrogens with one attached hydrogen (secondary N) is 1. The molecule has 118 valence electrons. The Kier molecular flexibility index (Phi) is 4.65. The van der Waals surface area contributed by atoms with Crippen LogP contribution < -0.4 is 11.1 Å². The summed E-state index contributed by atoms with van der Waals surface area (Å²) in [6, 6.07) is 14.7. The normalized spacial score (nSPS) is 15.3. The molecule has 4 nitrogen and oxygen atoms in total. The lowest BCUT2D eigenvalue weighted by molar-refractivity contribution is 0.474. The molecule has 0 fully saturated rings. The summed E-state index contributed by atoms with van der Waals surface area (Å²) in [5, 5.41) is 13.5. The lowest BCUT2D eigenvalue weighted by Gasteiger charge is -2.11. The number of aromatic hydroxyl groups is 1. The number of hydrogen-bond donors (Lipinski definition) is 3. The molecule has 2 aromatic rings. The van der Waals surface area contributed by atoms with Gasteiger partial charge in [0.25, 0.3) is 0 Å². The first kappa shape index (κ1) is 15.6. The van der Waals surface area contributed by atoms with E-state index in [1.807, 2.05) is 30.3 Å². The molecule has 5 heteroatoms. The number of phenolic OH excluding ortho intramolecular Hbond substituents is 1. The smallest absolute Gasteiger partial charge is 0.115 e. The van der Waals surface area contributed by atoms with Crippen molar-refractivity contribution >= 4 is 17.3 Å². The van der Waals surface area contributed by atoms with Gasteiger partial charge in [-0.25, -0.2) is 0 Å². The molecule has 1 aliphatic heterocycles. The van der Waals surface area contributed by atoms with Crippen LogP contribution in [0.5, 0.6) is 5.75 Å². The molecule has 1 aliphatic rings. The number of halogens is 1. The van der Waals surface area contributed by atoms with E-state index in [2.05, 4.69) is 5.32 Å². The summed E-state index contributed by atoms with van der Waals surface area (Å²) in [7, 11) is 0. The van der Waals surface area contributed by atoms with Gasteiger partial charge in [0.1, 0.15) is 5.75 Å². The van der Waals surface area contributed by atoms with Crippen molar-refractivity contribution in [1.29, 1.82) is 0 Å². The van der Waals surface area contributed by atoms with Crippen molar-refractivity contribution in [3.63, 3.8) is 0 Å². The van der Waals surface area contributed by atoms with Crippen LogP contribution in [0.3, 0.4) is 0 Å². The molecule has 0 saturated carbocycles. The van der Waals surface area contributed by atoms with E-state index in [1.54, 1.807) is 18.2 Å². The van der Waals surface area contributed by atoms with E-state index in [0.29, 0.717) is 24.7 Å². The van der Waals surface area contributed by atoms with Crippen LogP contribution in [-0.2, 0) is 6.54 Å². The van der Waals surface area contributed by atoms with Crippen molar-refractivity contribution in [1.82, 2.24) is 5.32 Å². The first-order chi connectivity index (χ1) is 11.1. The highest BCUT2D eigenvalue weighted by atomic mass is 35.5. The highest BCUT2D eigenvalue weighted by Gasteiger charge is 2.19. The third kappa shape index (κ3) is 3.55. The fourth-order valence-electron chi connectivity index (χ4n) is 2.60. The second kappa shape index (κ2) is 6.86. The average molecular weight is 328 g/mol. The topological polar surface area (TPSA) is 70.6 Å². The molecule has 4 N–H and O–H groups in total. The zero-order valence-electron chi connectivity index (χ0n) is 12.6. The molecule has 0 atom stereocenters. The van der Waals surface area contributed by atoms with Crippen LogP contribution in [-0.4, -0.2) is 23.9 Å². The Bertz CT molecular complexity index is 783. The van der Waals surface area contributed by atoms with E-state index >= 15 is 0 Å². The third-order valence-electron chi connectivity index (χ3n) is 3.75. The first-order valence-electron chi connectivity index (χ1n) is 7.41. The Hall–Kier alpha value is -2.30. The minimum Gasteiger partial charge on any atom is -0.508 e. The van der Waals surface area contributed by atoms with Gasteiger partial charge < -0.3 is 16.2 Å². The van der Waals surface area contributed by atoms with Gasteiger partial charge in [-0.3, -0.25) is 4.99 Å². The number of rotatable bonds is 4. The molecule has 0 bridgehead atoms. The van der Waals surface area contributed by atoms with Gasteiger partial charge in [-0.1, -0.05) is 41.9 Å². The predicted octanol–water partition coefficient (Wildman–Crippen LogP) is 2.85. The van der Waals surface area contributed by atoms with Crippen LogP contribution in [0.15, 0.2) is 64.8 Å². The maximum absolute atomic E-state index is 9.58. The zero-order chi connectivity index (χ0) is 16.2. The maximum Gasteiger partial charge on any atom is 0.115 e. The zero-order valence-corrected chi connectivity index (χ0v) is 13.3. The molecule has 0 aliphatic carbocycles. The molecule has 1 heterocycles. The number of hydrogen-bond acceptors (Lipinski definition) is 4. The van der Waals surface area contributed by atoms with Gasteiger partial charge in [0.05, 0.1) is 12.3 Å². The molecule has 23 heavy (non-hydrogen) atoms. The van der Waals surface area contributed by atoms with Crippen molar-refractivity contribution in [3.8, 4) is 5.75 Å². The van der Waals surface area contributed by atoms with Crippen LogP contribution in [0.2, 0.25) is 5.02 Å². The van der Waals surface area contributed by atoms with Crippen molar-refractivity contribution in [2.45, 2.75) is 6.54 Å². The van der Waals surface area contributed by atoms with Crippen molar-refractivity contribution in [3.05, 3.63) is 76.0 Å². The Morgan fingerprint density at radius 3 is 2.70 bits per heavy atom. The minimum atomic E-state index is 0.234. The van der Waals surface area contributed by atoms with E-state index in [4.69, 9.17) is 22.3 Å². The molecule has 0 unspecified atom stereocenters. The van der Waals surface area contributed by atoms with Gasteiger partial charge in [0.15, 0.2) is 0 Å². The summed E-state index contributed by atoms with van der Waals surface area (Å²) in [6.07, 6.45) is 0. The number of nitrogens with two attached hydrogens (primary N) is 1. The fourth-order valence-corrected chi connectivity index (χ4v) is 2.83. The summed E-state index contributed by atoms with van der Waals surface area (Å²) in [6.45, 7) is 1.78. The highest BCUT2D eigenvalue weighted by molar-refractivity contribution is 6.35. The number of nitrogens with zero attached hydrogens (tertiary/aromatic N) is 1. The molecule has 0 saturated heterocycles. The molecule has 3 rings (SSSR count). The van der Waals surface area contributed by atoms with Crippen molar-refractivity contribution in [2.24, 2.45) is 10.7 Å². The van der Waals surface area contributed by atoms with Gasteiger partial charge >= 0.3 is 0 Å². The Morgan fingerprint density at radius 1 is 1.17 bits per heavy atom. The van der Waals surface area contributed by atoms with Gasteiger partial charge in [-0.05, 0) is 23.8 Å². The van der Waals surface area contributed by atoms with Crippen LogP contribution >= 0.6 is 11.6 Å². The van der Waals surface area contributed by atoms with Crippen LogP contribution in [0.1, 0.15) is 11.1 Å². The molecular weight excluding hydrogens is 310 g/mol. The van der Waals surface area contributed by atoms with Crippen LogP contribution in [0.4, 0.5) is 0 Å². The maximum atomic E-state index is 9.58. The lowest BCUT2D eigenvalue weighted by Crippen LogP contribution is -2.14. The predicted molar refractivity (Wildman–Crippen MR) is 93.9 cm³/mol. The molecule has 0 radical (unpaired) electrons. The number of benzene rings is 2. The third-order valence-corrected chi connectivity index (χ3v) is 4.08. The summed E-state index contributed by atoms with van der Waals surface area (Å²) < 4.78 is 0. The molecule has 2 aromatic carbocycles. The summed E-state index contributed by atoms with van der Waals surface area (Å²) >= 11 is 6.35. The van der Waals surface area contributed by atoms with Crippen LogP contribution in [0, 0.1) is 0 Å². The number of phenols is 1. The van der Waals surface area contributed by atoms with Crippen molar-refractivity contribution < 1.29 is 5.11 Å². The second-order valence-electron chi connectivity index (χ2n) is 5.42. The quantitative estimate of drug-likeness (QED) is 0.756. The van der Waals surface area contributed by atoms with Gasteiger partial charge in [-0.15, -0.1) is 0 Å². The second-order valence-corrected chi connectivity index (χ2v) is 5.83. The highest BCUT2D eigenvalue weighted by Crippen LogP contribution is 2.23. The standard InChI is InChI=1S/C18H18ClN3O/c19-16-7-2-1-6-14(16)18(15-10-21-11-17(15)20)22-9-12-4-3-5-13(23)8-12/h1-8,21,23H,9-11,20H2. The Morgan fingerprint density at radius 2 is 2.00 bits per heavy atom. The molecule has 0 aromatic heterocycles. The number of aliphatic imine (C=N–C) groups is 1. The van der Waals surface area contributed by atoms with Crippen LogP contribution in [0.25, 0.3) is 0 Å². The van der Waals surface area contributed by atoms with E-state index in [1.165, 1.54) is 0 Å². The molecule has 0 spiro atoms. The van der Waals surface area contributed by atoms with E-state index in [-0.39, 0.29) is 5.75 Å². The molecular formula is C18H18ClN3O. The van der Waals surface area contributed by atoms with Gasteiger partial charge in [0.2, 0.25) is 0 Å². The van der Waals surface area contributed by atoms with Gasteiger partial charge in [0, 0.05) is 34.9 Å². The lowest BCUT2D eigenvalue weighted by atomic mass is 10.0. The summed E-state index contributed by atoms with van der Waals surface area (Å²) in [5.41, 5.74) is 10.5.